The van der Waals surface area contributed by atoms with Gasteiger partial charge in [0.2, 0.25) is 5.91 Å². The van der Waals surface area contributed by atoms with Crippen molar-refractivity contribution in [2.24, 2.45) is 5.92 Å². The standard InChI is InChI=1S/C14H24N2O3/c1-2-16(12-5-6-12)13(17)10-15-7-3-4-11(9-15)8-14(18)19/h11-12H,2-10H2,1H3,(H,18,19). The third kappa shape index (κ3) is 4.20. The minimum Gasteiger partial charge on any atom is -0.481 e. The van der Waals surface area contributed by atoms with Gasteiger partial charge in [-0.1, -0.05) is 0 Å². The fraction of sp³-hybridized carbons (Fsp3) is 0.857. The molecule has 0 aromatic heterocycles. The summed E-state index contributed by atoms with van der Waals surface area (Å²) in [5.41, 5.74) is 0. The summed E-state index contributed by atoms with van der Waals surface area (Å²) in [5.74, 6) is -0.317. The van der Waals surface area contributed by atoms with Crippen molar-refractivity contribution in [1.82, 2.24) is 9.80 Å². The van der Waals surface area contributed by atoms with E-state index in [1.54, 1.807) is 0 Å². The second-order valence-electron chi connectivity index (χ2n) is 5.75. The zero-order valence-electron chi connectivity index (χ0n) is 11.7. The number of piperidine rings is 1. The summed E-state index contributed by atoms with van der Waals surface area (Å²) in [4.78, 5) is 27.1. The molecule has 1 amide bonds. The molecule has 0 aromatic carbocycles. The smallest absolute Gasteiger partial charge is 0.303 e. The first-order valence-corrected chi connectivity index (χ1v) is 7.33. The predicted molar refractivity (Wildman–Crippen MR) is 71.8 cm³/mol. The highest BCUT2D eigenvalue weighted by atomic mass is 16.4. The number of hydrogen-bond donors (Lipinski definition) is 1. The molecule has 0 radical (unpaired) electrons. The molecule has 0 spiro atoms. The van der Waals surface area contributed by atoms with Gasteiger partial charge in [0, 0.05) is 25.6 Å². The Morgan fingerprint density at radius 2 is 2.05 bits per heavy atom. The molecule has 1 aliphatic carbocycles. The number of hydrogen-bond acceptors (Lipinski definition) is 3. The second kappa shape index (κ2) is 6.37. The minimum atomic E-state index is -0.730. The molecule has 2 aliphatic rings. The summed E-state index contributed by atoms with van der Waals surface area (Å²) in [7, 11) is 0. The van der Waals surface area contributed by atoms with Crippen molar-refractivity contribution in [1.29, 1.82) is 0 Å². The summed E-state index contributed by atoms with van der Waals surface area (Å²) in [6.45, 7) is 4.94. The molecule has 19 heavy (non-hydrogen) atoms. The highest BCUT2D eigenvalue weighted by Crippen LogP contribution is 2.27. The third-order valence-corrected chi connectivity index (χ3v) is 4.07. The van der Waals surface area contributed by atoms with Crippen molar-refractivity contribution in [3.05, 3.63) is 0 Å². The molecule has 1 unspecified atom stereocenters. The van der Waals surface area contributed by atoms with Crippen LogP contribution in [0.5, 0.6) is 0 Å². The van der Waals surface area contributed by atoms with Crippen LogP contribution in [0.25, 0.3) is 0 Å². The Hall–Kier alpha value is -1.10. The normalized spacial score (nSPS) is 24.2. The Bertz CT molecular complexity index is 342. The fourth-order valence-electron chi connectivity index (χ4n) is 3.01. The molecule has 0 bridgehead atoms. The Balaban J connectivity index is 1.80. The lowest BCUT2D eigenvalue weighted by Crippen LogP contribution is -2.45. The van der Waals surface area contributed by atoms with E-state index in [2.05, 4.69) is 4.90 Å². The number of carboxylic acids is 1. The van der Waals surface area contributed by atoms with E-state index in [0.717, 1.165) is 45.3 Å². The van der Waals surface area contributed by atoms with E-state index >= 15 is 0 Å². The molecule has 5 heteroatoms. The maximum Gasteiger partial charge on any atom is 0.303 e. The van der Waals surface area contributed by atoms with Crippen molar-refractivity contribution in [3.8, 4) is 0 Å². The van der Waals surface area contributed by atoms with E-state index in [0.29, 0.717) is 12.6 Å². The quantitative estimate of drug-likeness (QED) is 0.786. The molecule has 1 atom stereocenters. The molecule has 1 N–H and O–H groups in total. The first-order valence-electron chi connectivity index (χ1n) is 7.33. The number of amides is 1. The summed E-state index contributed by atoms with van der Waals surface area (Å²) in [6, 6.07) is 0.470. The predicted octanol–water partition coefficient (Wildman–Crippen LogP) is 1.18. The third-order valence-electron chi connectivity index (χ3n) is 4.07. The van der Waals surface area contributed by atoms with Gasteiger partial charge in [-0.2, -0.15) is 0 Å². The molecule has 1 aliphatic heterocycles. The van der Waals surface area contributed by atoms with Crippen LogP contribution in [0.3, 0.4) is 0 Å². The Morgan fingerprint density at radius 1 is 1.32 bits per heavy atom. The number of likely N-dealkylation sites (N-methyl/N-ethyl adjacent to an activating group) is 1. The number of likely N-dealkylation sites (tertiary alicyclic amines) is 1. The largest absolute Gasteiger partial charge is 0.481 e. The van der Waals surface area contributed by atoms with Gasteiger partial charge in [0.05, 0.1) is 6.54 Å². The van der Waals surface area contributed by atoms with E-state index in [-0.39, 0.29) is 18.2 Å². The van der Waals surface area contributed by atoms with Crippen molar-refractivity contribution >= 4 is 11.9 Å². The van der Waals surface area contributed by atoms with Crippen LogP contribution in [-0.2, 0) is 9.59 Å². The van der Waals surface area contributed by atoms with Crippen LogP contribution in [0.15, 0.2) is 0 Å². The number of rotatable bonds is 6. The van der Waals surface area contributed by atoms with Crippen LogP contribution in [0.1, 0.15) is 39.0 Å². The second-order valence-corrected chi connectivity index (χ2v) is 5.75. The van der Waals surface area contributed by atoms with Gasteiger partial charge < -0.3 is 10.0 Å². The average molecular weight is 268 g/mol. The Labute approximate surface area is 114 Å². The molecule has 2 rings (SSSR count). The van der Waals surface area contributed by atoms with Gasteiger partial charge in [0.15, 0.2) is 0 Å². The van der Waals surface area contributed by atoms with E-state index in [4.69, 9.17) is 5.11 Å². The number of aliphatic carboxylic acids is 1. The van der Waals surface area contributed by atoms with E-state index < -0.39 is 5.97 Å². The Kier molecular flexibility index (Phi) is 4.80. The summed E-state index contributed by atoms with van der Waals surface area (Å²) >= 11 is 0. The fourth-order valence-corrected chi connectivity index (χ4v) is 3.01. The van der Waals surface area contributed by atoms with Crippen LogP contribution in [0.2, 0.25) is 0 Å². The molecule has 1 saturated carbocycles. The molecular formula is C14H24N2O3. The van der Waals surface area contributed by atoms with Gasteiger partial charge in [-0.15, -0.1) is 0 Å². The summed E-state index contributed by atoms with van der Waals surface area (Å²) in [5, 5.41) is 8.85. The zero-order valence-corrected chi connectivity index (χ0v) is 11.7. The van der Waals surface area contributed by atoms with Gasteiger partial charge in [0.1, 0.15) is 0 Å². The first-order chi connectivity index (χ1) is 9.10. The monoisotopic (exact) mass is 268 g/mol. The topological polar surface area (TPSA) is 60.9 Å². The number of carbonyl (C=O) groups excluding carboxylic acids is 1. The molecule has 1 saturated heterocycles. The number of carboxylic acid groups (broad SMARTS) is 1. The van der Waals surface area contributed by atoms with Crippen LogP contribution >= 0.6 is 0 Å². The van der Waals surface area contributed by atoms with Gasteiger partial charge in [-0.05, 0) is 45.1 Å². The minimum absolute atomic E-state index is 0.204. The first kappa shape index (κ1) is 14.3. The average Bonchev–Trinajstić information content (AvgIpc) is 3.14. The molecule has 108 valence electrons. The van der Waals surface area contributed by atoms with Crippen LogP contribution in [0.4, 0.5) is 0 Å². The Morgan fingerprint density at radius 3 is 2.63 bits per heavy atom. The van der Waals surface area contributed by atoms with Crippen molar-refractivity contribution in [2.75, 3.05) is 26.2 Å². The van der Waals surface area contributed by atoms with E-state index in [9.17, 15) is 9.59 Å². The van der Waals surface area contributed by atoms with Gasteiger partial charge in [-0.25, -0.2) is 0 Å². The van der Waals surface area contributed by atoms with E-state index in [1.165, 1.54) is 0 Å². The maximum absolute atomic E-state index is 12.2. The van der Waals surface area contributed by atoms with Crippen molar-refractivity contribution < 1.29 is 14.7 Å². The molecular weight excluding hydrogens is 244 g/mol. The highest BCUT2D eigenvalue weighted by molar-refractivity contribution is 5.79. The highest BCUT2D eigenvalue weighted by Gasteiger charge is 2.32. The van der Waals surface area contributed by atoms with Gasteiger partial charge in [0.25, 0.3) is 0 Å². The molecule has 1 heterocycles. The van der Waals surface area contributed by atoms with Crippen LogP contribution in [0, 0.1) is 5.92 Å². The van der Waals surface area contributed by atoms with Gasteiger partial charge >= 0.3 is 5.97 Å². The van der Waals surface area contributed by atoms with Crippen molar-refractivity contribution in [2.45, 2.75) is 45.1 Å². The number of carbonyl (C=O) groups is 2. The van der Waals surface area contributed by atoms with E-state index in [1.807, 2.05) is 11.8 Å². The number of nitrogens with zero attached hydrogens (tertiary/aromatic N) is 2. The lowest BCUT2D eigenvalue weighted by molar-refractivity contribution is -0.138. The lowest BCUT2D eigenvalue weighted by Gasteiger charge is -2.33. The maximum atomic E-state index is 12.2. The summed E-state index contributed by atoms with van der Waals surface area (Å²) < 4.78 is 0. The van der Waals surface area contributed by atoms with Crippen molar-refractivity contribution in [3.63, 3.8) is 0 Å². The molecule has 5 nitrogen and oxygen atoms in total. The zero-order chi connectivity index (χ0) is 13.8. The van der Waals surface area contributed by atoms with Crippen LogP contribution < -0.4 is 0 Å². The molecule has 2 fully saturated rings. The lowest BCUT2D eigenvalue weighted by atomic mass is 9.95. The summed E-state index contributed by atoms with van der Waals surface area (Å²) in [6.07, 6.45) is 4.48. The van der Waals surface area contributed by atoms with Gasteiger partial charge in [-0.3, -0.25) is 14.5 Å². The SMILES string of the molecule is CCN(C(=O)CN1CCCC(CC(=O)O)C1)C1CC1. The molecule has 0 aromatic rings. The van der Waals surface area contributed by atoms with Crippen LogP contribution in [-0.4, -0.2) is 59.0 Å².